The van der Waals surface area contributed by atoms with E-state index in [1.54, 1.807) is 0 Å². The van der Waals surface area contributed by atoms with Crippen LogP contribution in [0, 0.1) is 18.8 Å². The summed E-state index contributed by atoms with van der Waals surface area (Å²) >= 11 is 0. The fourth-order valence-electron chi connectivity index (χ4n) is 3.38. The van der Waals surface area contributed by atoms with E-state index in [1.807, 2.05) is 0 Å². The second kappa shape index (κ2) is 6.37. The summed E-state index contributed by atoms with van der Waals surface area (Å²) in [5.41, 5.74) is 2.55. The first-order chi connectivity index (χ1) is 8.70. The highest BCUT2D eigenvalue weighted by Crippen LogP contribution is 2.31. The normalized spacial score (nSPS) is 25.1. The molecule has 1 N–H and O–H groups in total. The molecule has 0 spiro atoms. The molecule has 1 aliphatic rings. The summed E-state index contributed by atoms with van der Waals surface area (Å²) in [5.74, 6) is 1.67. The number of aromatic nitrogens is 2. The van der Waals surface area contributed by atoms with E-state index in [4.69, 9.17) is 0 Å². The van der Waals surface area contributed by atoms with Crippen molar-refractivity contribution in [3.05, 3.63) is 17.5 Å². The lowest BCUT2D eigenvalue weighted by Gasteiger charge is -2.25. The van der Waals surface area contributed by atoms with Crippen LogP contribution in [0.15, 0.2) is 6.07 Å². The molecule has 1 heterocycles. The quantitative estimate of drug-likeness (QED) is 0.832. The van der Waals surface area contributed by atoms with E-state index in [9.17, 15) is 0 Å². The van der Waals surface area contributed by atoms with Crippen LogP contribution >= 0.6 is 0 Å². The summed E-state index contributed by atoms with van der Waals surface area (Å²) < 4.78 is 2.07. The summed E-state index contributed by atoms with van der Waals surface area (Å²) in [6.45, 7) is 3.25. The maximum Gasteiger partial charge on any atom is 0.0596 e. The van der Waals surface area contributed by atoms with Crippen molar-refractivity contribution in [2.75, 3.05) is 13.6 Å². The van der Waals surface area contributed by atoms with Gasteiger partial charge in [-0.05, 0) is 57.7 Å². The third-order valence-electron chi connectivity index (χ3n) is 4.35. The van der Waals surface area contributed by atoms with Crippen LogP contribution in [-0.4, -0.2) is 23.4 Å². The Balaban J connectivity index is 2.05. The molecule has 1 aromatic heterocycles. The molecule has 3 nitrogen and oxygen atoms in total. The van der Waals surface area contributed by atoms with Gasteiger partial charge in [0.05, 0.1) is 5.69 Å². The minimum absolute atomic E-state index is 0.828. The van der Waals surface area contributed by atoms with Gasteiger partial charge in [-0.15, -0.1) is 0 Å². The van der Waals surface area contributed by atoms with Gasteiger partial charge in [0.25, 0.3) is 0 Å². The van der Waals surface area contributed by atoms with Crippen molar-refractivity contribution < 1.29 is 0 Å². The largest absolute Gasteiger partial charge is 0.319 e. The highest BCUT2D eigenvalue weighted by molar-refractivity contribution is 5.09. The van der Waals surface area contributed by atoms with Gasteiger partial charge in [-0.3, -0.25) is 4.68 Å². The molecule has 2 rings (SSSR count). The van der Waals surface area contributed by atoms with Crippen LogP contribution in [0.1, 0.15) is 43.5 Å². The van der Waals surface area contributed by atoms with Crippen molar-refractivity contribution in [3.8, 4) is 0 Å². The number of aryl methyl sites for hydroxylation is 2. The van der Waals surface area contributed by atoms with Gasteiger partial charge in [0.15, 0.2) is 0 Å². The lowest BCUT2D eigenvalue weighted by Crippen LogP contribution is -2.27. The third kappa shape index (κ3) is 3.35. The maximum absolute atomic E-state index is 4.47. The predicted molar refractivity (Wildman–Crippen MR) is 75.6 cm³/mol. The van der Waals surface area contributed by atoms with Crippen molar-refractivity contribution in [2.24, 2.45) is 18.9 Å². The van der Waals surface area contributed by atoms with Gasteiger partial charge in [-0.2, -0.15) is 5.10 Å². The Kier molecular flexibility index (Phi) is 4.81. The highest BCUT2D eigenvalue weighted by atomic mass is 15.3. The Labute approximate surface area is 111 Å². The molecule has 2 unspecified atom stereocenters. The van der Waals surface area contributed by atoms with Gasteiger partial charge in [-0.1, -0.05) is 19.3 Å². The molecule has 0 aromatic carbocycles. The van der Waals surface area contributed by atoms with Crippen LogP contribution in [0.2, 0.25) is 0 Å². The molecule has 102 valence electrons. The van der Waals surface area contributed by atoms with Gasteiger partial charge in [0.1, 0.15) is 0 Å². The van der Waals surface area contributed by atoms with Gasteiger partial charge in [-0.25, -0.2) is 0 Å². The maximum atomic E-state index is 4.47. The Morgan fingerprint density at radius 2 is 2.00 bits per heavy atom. The summed E-state index contributed by atoms with van der Waals surface area (Å²) in [4.78, 5) is 0. The molecule has 18 heavy (non-hydrogen) atoms. The summed E-state index contributed by atoms with van der Waals surface area (Å²) in [6, 6.07) is 2.25. The zero-order valence-corrected chi connectivity index (χ0v) is 12.1. The van der Waals surface area contributed by atoms with Crippen LogP contribution in [0.4, 0.5) is 0 Å². The van der Waals surface area contributed by atoms with Crippen molar-refractivity contribution in [2.45, 2.75) is 45.4 Å². The SMILES string of the molecule is CNCC1CCCCCC1Cc1cc(C)nn1C. The van der Waals surface area contributed by atoms with E-state index in [1.165, 1.54) is 50.8 Å². The Morgan fingerprint density at radius 1 is 1.28 bits per heavy atom. The fraction of sp³-hybridized carbons (Fsp3) is 0.800. The highest BCUT2D eigenvalue weighted by Gasteiger charge is 2.24. The van der Waals surface area contributed by atoms with Crippen molar-refractivity contribution in [1.29, 1.82) is 0 Å². The summed E-state index contributed by atoms with van der Waals surface area (Å²) in [5, 5.41) is 7.85. The molecule has 1 saturated carbocycles. The molecule has 0 bridgehead atoms. The van der Waals surface area contributed by atoms with Gasteiger partial charge < -0.3 is 5.32 Å². The van der Waals surface area contributed by atoms with Crippen molar-refractivity contribution in [3.63, 3.8) is 0 Å². The molecule has 0 saturated heterocycles. The molecule has 3 heteroatoms. The van der Waals surface area contributed by atoms with E-state index < -0.39 is 0 Å². The lowest BCUT2D eigenvalue weighted by atomic mass is 9.84. The van der Waals surface area contributed by atoms with Crippen molar-refractivity contribution in [1.82, 2.24) is 15.1 Å². The van der Waals surface area contributed by atoms with Crippen LogP contribution in [-0.2, 0) is 13.5 Å². The molecular formula is C15H27N3. The first-order valence-electron chi connectivity index (χ1n) is 7.35. The number of nitrogens with one attached hydrogen (secondary N) is 1. The van der Waals surface area contributed by atoms with Crippen molar-refractivity contribution >= 4 is 0 Å². The molecule has 1 fully saturated rings. The van der Waals surface area contributed by atoms with Gasteiger partial charge in [0.2, 0.25) is 0 Å². The van der Waals surface area contributed by atoms with E-state index >= 15 is 0 Å². The Morgan fingerprint density at radius 3 is 2.61 bits per heavy atom. The third-order valence-corrected chi connectivity index (χ3v) is 4.35. The van der Waals surface area contributed by atoms with E-state index in [2.05, 4.69) is 42.2 Å². The monoisotopic (exact) mass is 249 g/mol. The smallest absolute Gasteiger partial charge is 0.0596 e. The molecule has 2 atom stereocenters. The number of rotatable bonds is 4. The zero-order chi connectivity index (χ0) is 13.0. The second-order valence-electron chi connectivity index (χ2n) is 5.82. The zero-order valence-electron chi connectivity index (χ0n) is 12.1. The minimum Gasteiger partial charge on any atom is -0.319 e. The summed E-state index contributed by atoms with van der Waals surface area (Å²) in [6.07, 6.45) is 8.21. The average molecular weight is 249 g/mol. The van der Waals surface area contributed by atoms with E-state index in [-0.39, 0.29) is 0 Å². The first-order valence-corrected chi connectivity index (χ1v) is 7.35. The fourth-order valence-corrected chi connectivity index (χ4v) is 3.38. The van der Waals surface area contributed by atoms with Crippen LogP contribution in [0.25, 0.3) is 0 Å². The van der Waals surface area contributed by atoms with Gasteiger partial charge >= 0.3 is 0 Å². The molecule has 0 aliphatic heterocycles. The van der Waals surface area contributed by atoms with Gasteiger partial charge in [0, 0.05) is 12.7 Å². The van der Waals surface area contributed by atoms with Crippen LogP contribution < -0.4 is 5.32 Å². The number of nitrogens with zero attached hydrogens (tertiary/aromatic N) is 2. The molecule has 1 aromatic rings. The first kappa shape index (κ1) is 13.6. The minimum atomic E-state index is 0.828. The molecule has 0 amide bonds. The predicted octanol–water partition coefficient (Wildman–Crippen LogP) is 2.69. The topological polar surface area (TPSA) is 29.9 Å². The van der Waals surface area contributed by atoms with Crippen LogP contribution in [0.5, 0.6) is 0 Å². The Bertz CT molecular complexity index is 370. The van der Waals surface area contributed by atoms with Crippen LogP contribution in [0.3, 0.4) is 0 Å². The summed E-state index contributed by atoms with van der Waals surface area (Å²) in [7, 11) is 4.16. The average Bonchev–Trinajstić information content (AvgIpc) is 2.52. The molecule has 0 radical (unpaired) electrons. The van der Waals surface area contributed by atoms with E-state index in [0.29, 0.717) is 0 Å². The van der Waals surface area contributed by atoms with E-state index in [0.717, 1.165) is 17.5 Å². The molecule has 1 aliphatic carbocycles. The lowest BCUT2D eigenvalue weighted by molar-refractivity contribution is 0.299. The molecular weight excluding hydrogens is 222 g/mol. The number of hydrogen-bond acceptors (Lipinski definition) is 2. The number of hydrogen-bond donors (Lipinski definition) is 1. The second-order valence-corrected chi connectivity index (χ2v) is 5.82. The Hall–Kier alpha value is -0.830. The standard InChI is InChI=1S/C15H27N3/c1-12-9-15(18(3)17-12)10-13-7-5-4-6-8-14(13)11-16-2/h9,13-14,16H,4-8,10-11H2,1-3H3.